The van der Waals surface area contributed by atoms with Crippen LogP contribution >= 0.6 is 77.2 Å². The number of rotatable bonds is 6. The zero-order chi connectivity index (χ0) is 27.1. The Bertz CT molecular complexity index is 1760. The molecule has 4 heterocycles. The molecule has 0 aliphatic carbocycles. The van der Waals surface area contributed by atoms with Crippen LogP contribution in [0.3, 0.4) is 0 Å². The average molecular weight is 717 g/mol. The van der Waals surface area contributed by atoms with Crippen LogP contribution in [0, 0.1) is 0 Å². The van der Waals surface area contributed by atoms with Crippen molar-refractivity contribution >= 4 is 77.2 Å². The minimum absolute atomic E-state index is 1.16. The van der Waals surface area contributed by atoms with Gasteiger partial charge in [-0.15, -0.1) is 45.3 Å². The lowest BCUT2D eigenvalue weighted by Crippen LogP contribution is -1.75. The number of hydrogen-bond donors (Lipinski definition) is 0. The highest BCUT2D eigenvalue weighted by atomic mass is 79.9. The SMILES string of the molecule is Brc1ccc(-c2ccc(-c3ccc(-c4ccc(-c5ccc(-c6ccc(-c7ccc(Br)s7)cc6)s5)cc4)s3)cc2)s1. The summed E-state index contributed by atoms with van der Waals surface area (Å²) in [6.07, 6.45) is 0. The molecule has 7 aromatic rings. The van der Waals surface area contributed by atoms with E-state index in [2.05, 4.69) is 153 Å². The average Bonchev–Trinajstić information content (AvgIpc) is 3.81. The van der Waals surface area contributed by atoms with Crippen LogP contribution in [-0.4, -0.2) is 0 Å². The van der Waals surface area contributed by atoms with E-state index in [9.17, 15) is 0 Å². The fourth-order valence-electron chi connectivity index (χ4n) is 4.63. The first-order valence-corrected chi connectivity index (χ1v) is 17.5. The predicted molar refractivity (Wildman–Crippen MR) is 186 cm³/mol. The Labute approximate surface area is 266 Å². The third-order valence-electron chi connectivity index (χ3n) is 6.72. The van der Waals surface area contributed by atoms with Gasteiger partial charge in [0.2, 0.25) is 0 Å². The second-order valence-electron chi connectivity index (χ2n) is 9.27. The van der Waals surface area contributed by atoms with E-state index in [-0.39, 0.29) is 0 Å². The van der Waals surface area contributed by atoms with Gasteiger partial charge in [-0.25, -0.2) is 0 Å². The highest BCUT2D eigenvalue weighted by Crippen LogP contribution is 2.40. The van der Waals surface area contributed by atoms with E-state index < -0.39 is 0 Å². The van der Waals surface area contributed by atoms with Gasteiger partial charge in [0.05, 0.1) is 7.57 Å². The van der Waals surface area contributed by atoms with Gasteiger partial charge in [-0.05, 0) is 114 Å². The monoisotopic (exact) mass is 714 g/mol. The minimum atomic E-state index is 1.16. The van der Waals surface area contributed by atoms with Crippen molar-refractivity contribution in [1.29, 1.82) is 0 Å². The lowest BCUT2D eigenvalue weighted by Gasteiger charge is -2.03. The molecule has 0 nitrogen and oxygen atoms in total. The summed E-state index contributed by atoms with van der Waals surface area (Å²) in [5, 5.41) is 0. The van der Waals surface area contributed by atoms with Crippen LogP contribution in [0.2, 0.25) is 0 Å². The van der Waals surface area contributed by atoms with Crippen molar-refractivity contribution < 1.29 is 0 Å². The Morgan fingerprint density at radius 1 is 0.250 bits per heavy atom. The van der Waals surface area contributed by atoms with Gasteiger partial charge in [-0.1, -0.05) is 72.8 Å². The van der Waals surface area contributed by atoms with E-state index >= 15 is 0 Å². The maximum atomic E-state index is 3.56. The van der Waals surface area contributed by atoms with E-state index in [1.54, 1.807) is 22.7 Å². The number of benzene rings is 3. The second kappa shape index (κ2) is 11.4. The first-order chi connectivity index (χ1) is 19.6. The highest BCUT2D eigenvalue weighted by molar-refractivity contribution is 9.11. The lowest BCUT2D eigenvalue weighted by atomic mass is 10.1. The Balaban J connectivity index is 1.06. The zero-order valence-corrected chi connectivity index (χ0v) is 27.4. The van der Waals surface area contributed by atoms with E-state index in [4.69, 9.17) is 0 Å². The molecule has 0 bridgehead atoms. The van der Waals surface area contributed by atoms with E-state index in [0.717, 1.165) is 7.57 Å². The standard InChI is InChI=1S/C34H20Br2S4/c35-33-19-17-31(39-33)25-9-5-23(6-10-25)29-15-13-27(37-29)21-1-2-22(4-3-21)28-14-16-30(38-28)24-7-11-26(12-8-24)32-18-20-34(36)40-32/h1-20H. The van der Waals surface area contributed by atoms with Crippen LogP contribution in [0.5, 0.6) is 0 Å². The molecule has 6 heteroatoms. The Hall–Kier alpha value is -2.58. The summed E-state index contributed by atoms with van der Waals surface area (Å²) in [7, 11) is 0. The molecule has 0 radical (unpaired) electrons. The van der Waals surface area contributed by atoms with E-state index in [0.29, 0.717) is 0 Å². The van der Waals surface area contributed by atoms with Crippen LogP contribution < -0.4 is 0 Å². The number of hydrogen-bond acceptors (Lipinski definition) is 4. The van der Waals surface area contributed by atoms with Crippen molar-refractivity contribution in [2.24, 2.45) is 0 Å². The molecule has 0 spiro atoms. The van der Waals surface area contributed by atoms with Gasteiger partial charge in [-0.2, -0.15) is 0 Å². The van der Waals surface area contributed by atoms with E-state index in [1.165, 1.54) is 62.6 Å². The summed E-state index contributed by atoms with van der Waals surface area (Å²) in [6.45, 7) is 0. The molecule has 7 rings (SSSR count). The lowest BCUT2D eigenvalue weighted by molar-refractivity contribution is 1.68. The van der Waals surface area contributed by atoms with Gasteiger partial charge in [-0.3, -0.25) is 0 Å². The fraction of sp³-hybridized carbons (Fsp3) is 0. The summed E-state index contributed by atoms with van der Waals surface area (Å²) >= 11 is 14.3. The van der Waals surface area contributed by atoms with Crippen LogP contribution in [0.4, 0.5) is 0 Å². The van der Waals surface area contributed by atoms with Crippen LogP contribution in [0.1, 0.15) is 0 Å². The van der Waals surface area contributed by atoms with Crippen molar-refractivity contribution in [3.8, 4) is 62.6 Å². The largest absolute Gasteiger partial charge is 0.135 e. The molecule has 4 aromatic heterocycles. The van der Waals surface area contributed by atoms with Crippen molar-refractivity contribution in [3.05, 3.63) is 129 Å². The number of thiophene rings is 4. The molecule has 0 atom stereocenters. The molecule has 40 heavy (non-hydrogen) atoms. The molecular formula is C34H20Br2S4. The highest BCUT2D eigenvalue weighted by Gasteiger charge is 2.10. The molecule has 0 amide bonds. The molecular weight excluding hydrogens is 696 g/mol. The molecule has 0 saturated heterocycles. The molecule has 0 aliphatic heterocycles. The van der Waals surface area contributed by atoms with Crippen molar-refractivity contribution in [2.75, 3.05) is 0 Å². The van der Waals surface area contributed by atoms with Crippen molar-refractivity contribution in [3.63, 3.8) is 0 Å². The Morgan fingerprint density at radius 2 is 0.450 bits per heavy atom. The molecule has 0 fully saturated rings. The van der Waals surface area contributed by atoms with Gasteiger partial charge in [0, 0.05) is 29.3 Å². The fourth-order valence-corrected chi connectivity index (χ4v) is 9.45. The predicted octanol–water partition coefficient (Wildman–Crippen LogP) is 13.5. The quantitative estimate of drug-likeness (QED) is 0.161. The molecule has 0 unspecified atom stereocenters. The van der Waals surface area contributed by atoms with Crippen LogP contribution in [0.15, 0.2) is 129 Å². The molecule has 0 N–H and O–H groups in total. The summed E-state index contributed by atoms with van der Waals surface area (Å²) in [5.41, 5.74) is 7.55. The van der Waals surface area contributed by atoms with Gasteiger partial charge in [0.15, 0.2) is 0 Å². The van der Waals surface area contributed by atoms with Crippen molar-refractivity contribution in [2.45, 2.75) is 0 Å². The number of halogens is 2. The second-order valence-corrected chi connectivity index (χ2v) is 16.4. The van der Waals surface area contributed by atoms with Gasteiger partial charge in [0.25, 0.3) is 0 Å². The summed E-state index contributed by atoms with van der Waals surface area (Å²) in [4.78, 5) is 7.72. The molecule has 194 valence electrons. The Morgan fingerprint density at radius 3 is 0.650 bits per heavy atom. The van der Waals surface area contributed by atoms with E-state index in [1.807, 2.05) is 22.7 Å². The smallest absolute Gasteiger partial charge is 0.0705 e. The third kappa shape index (κ3) is 5.49. The van der Waals surface area contributed by atoms with Gasteiger partial charge < -0.3 is 0 Å². The third-order valence-corrected chi connectivity index (χ3v) is 12.4. The summed E-state index contributed by atoms with van der Waals surface area (Å²) in [5.74, 6) is 0. The normalized spacial score (nSPS) is 11.2. The van der Waals surface area contributed by atoms with Crippen molar-refractivity contribution in [1.82, 2.24) is 0 Å². The molecule has 0 saturated carbocycles. The van der Waals surface area contributed by atoms with Crippen LogP contribution in [-0.2, 0) is 0 Å². The first-order valence-electron chi connectivity index (χ1n) is 12.6. The summed E-state index contributed by atoms with van der Waals surface area (Å²) < 4.78 is 2.32. The zero-order valence-electron chi connectivity index (χ0n) is 20.9. The summed E-state index contributed by atoms with van der Waals surface area (Å²) in [6, 6.07) is 44.2. The van der Waals surface area contributed by atoms with Gasteiger partial charge >= 0.3 is 0 Å². The topological polar surface area (TPSA) is 0 Å². The maximum absolute atomic E-state index is 3.56. The van der Waals surface area contributed by atoms with Crippen LogP contribution in [0.25, 0.3) is 62.6 Å². The maximum Gasteiger partial charge on any atom is 0.0705 e. The molecule has 3 aromatic carbocycles. The Kier molecular flexibility index (Phi) is 7.48. The van der Waals surface area contributed by atoms with Gasteiger partial charge in [0.1, 0.15) is 0 Å². The minimum Gasteiger partial charge on any atom is -0.135 e. The first kappa shape index (κ1) is 26.3. The molecule has 0 aliphatic rings.